The fourth-order valence-electron chi connectivity index (χ4n) is 6.05. The zero-order chi connectivity index (χ0) is 30.0. The molecule has 1 aromatic carbocycles. The van der Waals surface area contributed by atoms with Crippen LogP contribution in [0.15, 0.2) is 67.1 Å². The molecule has 11 heteroatoms. The molecule has 1 aliphatic heterocycles. The van der Waals surface area contributed by atoms with Crippen LogP contribution in [0.4, 0.5) is 5.82 Å². The number of hydrogen-bond donors (Lipinski definition) is 0. The molecule has 2 atom stereocenters. The minimum absolute atomic E-state index is 0.0760. The summed E-state index contributed by atoms with van der Waals surface area (Å²) in [5, 5.41) is 5.63. The number of nitrogens with zero attached hydrogens (tertiary/aromatic N) is 7. The van der Waals surface area contributed by atoms with Gasteiger partial charge in [0.15, 0.2) is 5.65 Å². The molecule has 5 aromatic rings. The summed E-state index contributed by atoms with van der Waals surface area (Å²) in [5.74, 6) is 0.368. The SMILES string of the molecule is CO[C@H]1CCC1OC(=O)c1cnn2c(N(C)Cc3ccccc3)cc(-c3cn(CCN4CCOCC4)c4ncccc34)nc12. The highest BCUT2D eigenvalue weighted by Gasteiger charge is 2.35. The Labute approximate surface area is 256 Å². The maximum Gasteiger partial charge on any atom is 0.344 e. The highest BCUT2D eigenvalue weighted by Crippen LogP contribution is 2.33. The molecule has 2 fully saturated rings. The molecule has 2 aliphatic rings. The maximum absolute atomic E-state index is 13.4. The number of ether oxygens (including phenoxy) is 3. The first-order chi connectivity index (χ1) is 21.6. The number of fused-ring (bicyclic) bond motifs is 2. The van der Waals surface area contributed by atoms with E-state index >= 15 is 0 Å². The first kappa shape index (κ1) is 28.5. The van der Waals surface area contributed by atoms with Crippen molar-refractivity contribution in [3.8, 4) is 11.3 Å². The third kappa shape index (κ3) is 5.54. The quantitative estimate of drug-likeness (QED) is 0.222. The molecule has 1 aliphatic carbocycles. The van der Waals surface area contributed by atoms with Gasteiger partial charge in [0.25, 0.3) is 0 Å². The van der Waals surface area contributed by atoms with E-state index in [-0.39, 0.29) is 12.2 Å². The third-order valence-electron chi connectivity index (χ3n) is 8.71. The van der Waals surface area contributed by atoms with Crippen LogP contribution < -0.4 is 4.90 Å². The zero-order valence-electron chi connectivity index (χ0n) is 25.1. The van der Waals surface area contributed by atoms with Gasteiger partial charge in [-0.15, -0.1) is 0 Å². The van der Waals surface area contributed by atoms with Gasteiger partial charge in [0.1, 0.15) is 23.1 Å². The summed E-state index contributed by atoms with van der Waals surface area (Å²) < 4.78 is 20.8. The van der Waals surface area contributed by atoms with E-state index in [9.17, 15) is 4.79 Å². The summed E-state index contributed by atoms with van der Waals surface area (Å²) in [6.07, 6.45) is 6.83. The van der Waals surface area contributed by atoms with Gasteiger partial charge in [0.2, 0.25) is 0 Å². The molecule has 0 spiro atoms. The average Bonchev–Trinajstić information content (AvgIpc) is 3.65. The number of carbonyl (C=O) groups excluding carboxylic acids is 1. The van der Waals surface area contributed by atoms with Crippen molar-refractivity contribution in [2.45, 2.75) is 38.1 Å². The number of carbonyl (C=O) groups is 1. The van der Waals surface area contributed by atoms with E-state index in [2.05, 4.69) is 43.9 Å². The van der Waals surface area contributed by atoms with Crippen LogP contribution in [0, 0.1) is 0 Å². The van der Waals surface area contributed by atoms with Gasteiger partial charge < -0.3 is 23.7 Å². The summed E-state index contributed by atoms with van der Waals surface area (Å²) >= 11 is 0. The lowest BCUT2D eigenvalue weighted by atomic mass is 9.92. The summed E-state index contributed by atoms with van der Waals surface area (Å²) in [6.45, 7) is 5.75. The Kier molecular flexibility index (Phi) is 7.99. The second-order valence-corrected chi connectivity index (χ2v) is 11.5. The van der Waals surface area contributed by atoms with Crippen molar-refractivity contribution in [3.05, 3.63) is 78.2 Å². The highest BCUT2D eigenvalue weighted by molar-refractivity contribution is 5.98. The molecule has 0 amide bonds. The van der Waals surface area contributed by atoms with Crippen molar-refractivity contribution < 1.29 is 19.0 Å². The van der Waals surface area contributed by atoms with Crippen molar-refractivity contribution in [3.63, 3.8) is 0 Å². The van der Waals surface area contributed by atoms with Crippen LogP contribution in [0.5, 0.6) is 0 Å². The Morgan fingerprint density at radius 2 is 1.86 bits per heavy atom. The van der Waals surface area contributed by atoms with Gasteiger partial charge in [-0.3, -0.25) is 4.90 Å². The van der Waals surface area contributed by atoms with Crippen LogP contribution >= 0.6 is 0 Å². The van der Waals surface area contributed by atoms with Crippen molar-refractivity contribution in [1.29, 1.82) is 0 Å². The lowest BCUT2D eigenvalue weighted by Gasteiger charge is -2.34. The number of anilines is 1. The number of esters is 1. The molecule has 1 unspecified atom stereocenters. The van der Waals surface area contributed by atoms with Crippen molar-refractivity contribution in [1.82, 2.24) is 29.0 Å². The van der Waals surface area contributed by atoms with Crippen LogP contribution in [0.1, 0.15) is 28.8 Å². The minimum Gasteiger partial charge on any atom is -0.456 e. The Bertz CT molecular complexity index is 1760. The van der Waals surface area contributed by atoms with Gasteiger partial charge in [0, 0.05) is 76.3 Å². The molecule has 0 bridgehead atoms. The molecule has 1 saturated carbocycles. The summed E-state index contributed by atoms with van der Waals surface area (Å²) in [6, 6.07) is 16.3. The molecule has 1 saturated heterocycles. The van der Waals surface area contributed by atoms with Gasteiger partial charge in [-0.2, -0.15) is 9.61 Å². The van der Waals surface area contributed by atoms with E-state index in [0.717, 1.165) is 85.9 Å². The second kappa shape index (κ2) is 12.4. The Morgan fingerprint density at radius 3 is 2.64 bits per heavy atom. The van der Waals surface area contributed by atoms with Crippen LogP contribution in [-0.2, 0) is 27.3 Å². The lowest BCUT2D eigenvalue weighted by molar-refractivity contribution is -0.0876. The lowest BCUT2D eigenvalue weighted by Crippen LogP contribution is -2.41. The normalized spacial score (nSPS) is 18.9. The molecular formula is C33H37N7O4. The average molecular weight is 596 g/mol. The Hall–Kier alpha value is -4.32. The maximum atomic E-state index is 13.4. The molecular weight excluding hydrogens is 558 g/mol. The number of hydrogen-bond acceptors (Lipinski definition) is 9. The fourth-order valence-corrected chi connectivity index (χ4v) is 6.05. The van der Waals surface area contributed by atoms with E-state index in [0.29, 0.717) is 17.8 Å². The number of benzene rings is 1. The van der Waals surface area contributed by atoms with E-state index in [4.69, 9.17) is 24.2 Å². The largest absolute Gasteiger partial charge is 0.456 e. The number of pyridine rings is 1. The molecule has 0 N–H and O–H groups in total. The first-order valence-electron chi connectivity index (χ1n) is 15.2. The number of methoxy groups -OCH3 is 1. The summed E-state index contributed by atoms with van der Waals surface area (Å²) in [5.41, 5.74) is 4.54. The van der Waals surface area contributed by atoms with E-state index in [1.54, 1.807) is 17.8 Å². The predicted octanol–water partition coefficient (Wildman–Crippen LogP) is 4.05. The standard InChI is InChI=1S/C33H37N7O4/c1-37(21-23-7-4-3-5-8-23)30-19-27(36-32-25(20-35-40(30)32)33(41)44-29-11-10-28(29)42-2)26-22-39(31-24(26)9-6-12-34-31)14-13-38-15-17-43-18-16-38/h3-9,12,19-20,22,28-29H,10-11,13-18,21H2,1-2H3/t28-,29?/m0/s1. The van der Waals surface area contributed by atoms with Gasteiger partial charge in [-0.05, 0) is 30.5 Å². The zero-order valence-corrected chi connectivity index (χ0v) is 25.1. The third-order valence-corrected chi connectivity index (χ3v) is 8.71. The van der Waals surface area contributed by atoms with Gasteiger partial charge >= 0.3 is 5.97 Å². The number of rotatable bonds is 10. The first-order valence-corrected chi connectivity index (χ1v) is 15.2. The topological polar surface area (TPSA) is 99.2 Å². The number of aromatic nitrogens is 5. The molecule has 4 aromatic heterocycles. The summed E-state index contributed by atoms with van der Waals surface area (Å²) in [4.78, 5) is 27.8. The van der Waals surface area contributed by atoms with Crippen molar-refractivity contribution in [2.75, 3.05) is 51.9 Å². The molecule has 5 heterocycles. The minimum atomic E-state index is -0.442. The predicted molar refractivity (Wildman–Crippen MR) is 167 cm³/mol. The van der Waals surface area contributed by atoms with E-state index < -0.39 is 5.97 Å². The summed E-state index contributed by atoms with van der Waals surface area (Å²) in [7, 11) is 3.67. The Morgan fingerprint density at radius 1 is 1.05 bits per heavy atom. The monoisotopic (exact) mass is 595 g/mol. The molecule has 11 nitrogen and oxygen atoms in total. The van der Waals surface area contributed by atoms with Crippen LogP contribution in [-0.4, -0.2) is 94.2 Å². The number of morpholine rings is 1. The fraction of sp³-hybridized carbons (Fsp3) is 0.394. The second-order valence-electron chi connectivity index (χ2n) is 11.5. The van der Waals surface area contributed by atoms with Gasteiger partial charge in [0.05, 0.1) is 31.2 Å². The van der Waals surface area contributed by atoms with E-state index in [1.165, 1.54) is 0 Å². The van der Waals surface area contributed by atoms with Gasteiger partial charge in [-0.1, -0.05) is 30.3 Å². The molecule has 7 rings (SSSR count). The highest BCUT2D eigenvalue weighted by atomic mass is 16.6. The molecule has 0 radical (unpaired) electrons. The van der Waals surface area contributed by atoms with Gasteiger partial charge in [-0.25, -0.2) is 14.8 Å². The van der Waals surface area contributed by atoms with E-state index in [1.807, 2.05) is 43.6 Å². The molecule has 44 heavy (non-hydrogen) atoms. The van der Waals surface area contributed by atoms with Crippen LogP contribution in [0.3, 0.4) is 0 Å². The van der Waals surface area contributed by atoms with Crippen molar-refractivity contribution in [2.24, 2.45) is 0 Å². The molecule has 228 valence electrons. The van der Waals surface area contributed by atoms with Crippen molar-refractivity contribution >= 4 is 28.5 Å². The van der Waals surface area contributed by atoms with Crippen LogP contribution in [0.2, 0.25) is 0 Å². The van der Waals surface area contributed by atoms with Crippen LogP contribution in [0.25, 0.3) is 27.9 Å². The smallest absolute Gasteiger partial charge is 0.344 e. The Balaban J connectivity index is 1.29.